The number of methoxy groups -OCH3 is 1. The van der Waals surface area contributed by atoms with E-state index in [1.807, 2.05) is 13.8 Å². The number of thioether (sulfide) groups is 2. The van der Waals surface area contributed by atoms with Crippen LogP contribution in [0.2, 0.25) is 0 Å². The van der Waals surface area contributed by atoms with Crippen LogP contribution in [0.25, 0.3) is 20.9 Å². The minimum atomic E-state index is -0.615. The number of carbonyl (C=O) groups excluding carboxylic acids is 1. The van der Waals surface area contributed by atoms with E-state index in [-0.39, 0.29) is 40.8 Å². The summed E-state index contributed by atoms with van der Waals surface area (Å²) in [5.74, 6) is 1.51. The predicted molar refractivity (Wildman–Crippen MR) is 141 cm³/mol. The molecule has 1 aromatic carbocycles. The number of hydrogen-bond donors (Lipinski definition) is 0. The number of benzene rings is 1. The summed E-state index contributed by atoms with van der Waals surface area (Å²) in [4.78, 5) is 32.2. The Morgan fingerprint density at radius 2 is 1.97 bits per heavy atom. The highest BCUT2D eigenvalue weighted by Crippen LogP contribution is 2.40. The van der Waals surface area contributed by atoms with Crippen LogP contribution in [0, 0.1) is 10.1 Å². The van der Waals surface area contributed by atoms with Gasteiger partial charge in [-0.25, -0.2) is 0 Å². The number of rotatable bonds is 15. The zero-order chi connectivity index (χ0) is 26.5. The summed E-state index contributed by atoms with van der Waals surface area (Å²) in [6.07, 6.45) is 1.65. The molecule has 1 saturated heterocycles. The van der Waals surface area contributed by atoms with Crippen LogP contribution in [-0.4, -0.2) is 70.7 Å². The van der Waals surface area contributed by atoms with Crippen molar-refractivity contribution < 1.29 is 19.2 Å². The highest BCUT2D eigenvalue weighted by Gasteiger charge is 2.41. The summed E-state index contributed by atoms with van der Waals surface area (Å²) < 4.78 is 11.1. The van der Waals surface area contributed by atoms with Crippen LogP contribution >= 0.6 is 23.5 Å². The Labute approximate surface area is 217 Å². The molecule has 0 N–H and O–H groups in total. The zero-order valence-corrected chi connectivity index (χ0v) is 22.1. The number of unbranched alkanes of at least 4 members (excludes halogenated alkanes) is 1. The molecular weight excluding hydrogens is 508 g/mol. The molecule has 15 heteroatoms. The van der Waals surface area contributed by atoms with E-state index >= 15 is 0 Å². The first-order valence-corrected chi connectivity index (χ1v) is 13.6. The van der Waals surface area contributed by atoms with Gasteiger partial charge in [-0.1, -0.05) is 24.1 Å². The van der Waals surface area contributed by atoms with Crippen molar-refractivity contribution in [3.8, 4) is 11.5 Å². The van der Waals surface area contributed by atoms with Crippen LogP contribution in [-0.2, 0) is 0 Å². The lowest BCUT2D eigenvalue weighted by Gasteiger charge is -2.31. The van der Waals surface area contributed by atoms with Gasteiger partial charge in [0.05, 0.1) is 41.4 Å². The topological polar surface area (TPSA) is 179 Å². The van der Waals surface area contributed by atoms with E-state index in [0.29, 0.717) is 25.8 Å². The monoisotopic (exact) mass is 538 g/mol. The van der Waals surface area contributed by atoms with Crippen molar-refractivity contribution in [2.45, 2.75) is 49.8 Å². The van der Waals surface area contributed by atoms with Crippen LogP contribution in [0.3, 0.4) is 0 Å². The highest BCUT2D eigenvalue weighted by atomic mass is 32.2. The second-order valence-electron chi connectivity index (χ2n) is 7.69. The third-order valence-electron chi connectivity index (χ3n) is 5.46. The van der Waals surface area contributed by atoms with Gasteiger partial charge in [-0.2, -0.15) is 0 Å². The number of azide groups is 2. The Hall–Kier alpha value is -2.99. The largest absolute Gasteiger partial charge is 0.493 e. The maximum atomic E-state index is 13.7. The summed E-state index contributed by atoms with van der Waals surface area (Å²) in [5.41, 5.74) is 16.8. The lowest BCUT2D eigenvalue weighted by atomic mass is 10.1. The SMILES string of the molecule is CCSC(SCC)[C@@H]1C[C@H](N=[N+]=[N-])CN1C(=O)c1cc(OC)c(OCCCCN=[N+]=[N-])cc1[N+](=O)[O-]. The molecular formula is C21H30N8O5S2. The van der Waals surface area contributed by atoms with E-state index in [1.165, 1.54) is 19.2 Å². The standard InChI is InChI=1S/C21H30N8O5S2/c1-4-35-21(36-5-2)17-10-14(25-27-23)13-28(17)20(30)15-11-18(33-3)19(12-16(15)29(31)32)34-9-7-6-8-24-26-22/h11-12,14,17,21H,4-10,13H2,1-3H3/t14-,17-/m0/s1. The lowest BCUT2D eigenvalue weighted by Crippen LogP contribution is -2.41. The summed E-state index contributed by atoms with van der Waals surface area (Å²) >= 11 is 3.40. The number of nitrogens with zero attached hydrogens (tertiary/aromatic N) is 8. The van der Waals surface area contributed by atoms with Gasteiger partial charge in [0, 0.05) is 29.0 Å². The van der Waals surface area contributed by atoms with Crippen LogP contribution in [0.1, 0.15) is 43.5 Å². The number of nitro groups is 1. The Morgan fingerprint density at radius 3 is 2.56 bits per heavy atom. The van der Waals surface area contributed by atoms with E-state index in [2.05, 4.69) is 20.1 Å². The number of amides is 1. The second-order valence-corrected chi connectivity index (χ2v) is 10.8. The van der Waals surface area contributed by atoms with Crippen molar-refractivity contribution in [3.63, 3.8) is 0 Å². The van der Waals surface area contributed by atoms with E-state index in [9.17, 15) is 14.9 Å². The van der Waals surface area contributed by atoms with Crippen molar-refractivity contribution in [3.05, 3.63) is 48.7 Å². The molecule has 0 spiro atoms. The van der Waals surface area contributed by atoms with E-state index < -0.39 is 22.6 Å². The summed E-state index contributed by atoms with van der Waals surface area (Å²) in [6, 6.07) is 1.88. The quantitative estimate of drug-likeness (QED) is 0.0514. The molecule has 0 aliphatic carbocycles. The lowest BCUT2D eigenvalue weighted by molar-refractivity contribution is -0.385. The zero-order valence-electron chi connectivity index (χ0n) is 20.5. The smallest absolute Gasteiger partial charge is 0.286 e. The molecule has 1 fully saturated rings. The fourth-order valence-electron chi connectivity index (χ4n) is 3.90. The molecule has 0 bridgehead atoms. The predicted octanol–water partition coefficient (Wildman–Crippen LogP) is 5.80. The van der Waals surface area contributed by atoms with Gasteiger partial charge in [0.25, 0.3) is 11.6 Å². The Bertz CT molecular complexity index is 1010. The second kappa shape index (κ2) is 15.2. The molecule has 0 unspecified atom stereocenters. The molecule has 1 aliphatic rings. The van der Waals surface area contributed by atoms with Crippen molar-refractivity contribution in [1.29, 1.82) is 0 Å². The number of hydrogen-bond acceptors (Lipinski definition) is 9. The van der Waals surface area contributed by atoms with Gasteiger partial charge in [0.1, 0.15) is 5.56 Å². The molecule has 0 aromatic heterocycles. The van der Waals surface area contributed by atoms with Crippen LogP contribution in [0.4, 0.5) is 5.69 Å². The first-order chi connectivity index (χ1) is 17.4. The normalized spacial score (nSPS) is 16.8. The Morgan fingerprint density at radius 1 is 1.25 bits per heavy atom. The highest BCUT2D eigenvalue weighted by molar-refractivity contribution is 8.17. The first kappa shape index (κ1) is 29.2. The van der Waals surface area contributed by atoms with E-state index in [1.54, 1.807) is 28.4 Å². The van der Waals surface area contributed by atoms with Gasteiger partial charge in [0.2, 0.25) is 0 Å². The fourth-order valence-corrected chi connectivity index (χ4v) is 6.72. The van der Waals surface area contributed by atoms with Gasteiger partial charge in [-0.3, -0.25) is 14.9 Å². The van der Waals surface area contributed by atoms with Gasteiger partial charge < -0.3 is 14.4 Å². The van der Waals surface area contributed by atoms with E-state index in [4.69, 9.17) is 20.5 Å². The van der Waals surface area contributed by atoms with Gasteiger partial charge >= 0.3 is 0 Å². The molecule has 0 radical (unpaired) electrons. The average molecular weight is 539 g/mol. The van der Waals surface area contributed by atoms with Crippen molar-refractivity contribution >= 4 is 35.1 Å². The third kappa shape index (κ3) is 7.76. The number of carbonyl (C=O) groups is 1. The summed E-state index contributed by atoms with van der Waals surface area (Å²) in [7, 11) is 1.39. The minimum Gasteiger partial charge on any atom is -0.493 e. The fraction of sp³-hybridized carbons (Fsp3) is 0.667. The van der Waals surface area contributed by atoms with Crippen LogP contribution in [0.15, 0.2) is 22.4 Å². The van der Waals surface area contributed by atoms with Gasteiger partial charge in [0.15, 0.2) is 11.5 Å². The van der Waals surface area contributed by atoms with E-state index in [0.717, 1.165) is 11.5 Å². The van der Waals surface area contributed by atoms with Crippen LogP contribution < -0.4 is 9.47 Å². The summed E-state index contributed by atoms with van der Waals surface area (Å²) in [5, 5.41) is 19.2. The van der Waals surface area contributed by atoms with Crippen molar-refractivity contribution in [1.82, 2.24) is 4.90 Å². The molecule has 1 aliphatic heterocycles. The molecule has 2 atom stereocenters. The Kier molecular flexibility index (Phi) is 12.3. The first-order valence-electron chi connectivity index (χ1n) is 11.5. The van der Waals surface area contributed by atoms with Crippen LogP contribution in [0.5, 0.6) is 11.5 Å². The number of nitro benzene ring substituents is 1. The number of likely N-dealkylation sites (tertiary alicyclic amines) is 1. The molecule has 1 aromatic rings. The molecule has 1 amide bonds. The molecule has 0 saturated carbocycles. The van der Waals surface area contributed by atoms with Gasteiger partial charge in [-0.05, 0) is 41.8 Å². The number of ether oxygens (including phenoxy) is 2. The third-order valence-corrected chi connectivity index (χ3v) is 8.22. The maximum Gasteiger partial charge on any atom is 0.286 e. The molecule has 2 rings (SSSR count). The molecule has 36 heavy (non-hydrogen) atoms. The molecule has 13 nitrogen and oxygen atoms in total. The van der Waals surface area contributed by atoms with Gasteiger partial charge in [-0.15, -0.1) is 23.5 Å². The maximum absolute atomic E-state index is 13.7. The minimum absolute atomic E-state index is 0.0387. The Balaban J connectivity index is 2.38. The van der Waals surface area contributed by atoms with Crippen molar-refractivity contribution in [2.24, 2.45) is 10.2 Å². The summed E-state index contributed by atoms with van der Waals surface area (Å²) in [6.45, 7) is 4.80. The molecule has 1 heterocycles. The van der Waals surface area contributed by atoms with Crippen molar-refractivity contribution in [2.75, 3.05) is 38.3 Å². The average Bonchev–Trinajstić information content (AvgIpc) is 3.29. The molecule has 196 valence electrons.